The third-order valence-corrected chi connectivity index (χ3v) is 3.40. The van der Waals surface area contributed by atoms with Crippen molar-refractivity contribution < 1.29 is 9.72 Å². The Labute approximate surface area is 118 Å². The lowest BCUT2D eigenvalue weighted by Crippen LogP contribution is -2.37. The first-order chi connectivity index (χ1) is 9.56. The maximum absolute atomic E-state index is 11.9. The smallest absolute Gasteiger partial charge is 0.320 e. The van der Waals surface area contributed by atoms with Crippen LogP contribution in [0.4, 0.5) is 10.1 Å². The first kappa shape index (κ1) is 14.1. The van der Waals surface area contributed by atoms with E-state index in [1.165, 1.54) is 0 Å². The molecule has 2 aromatic rings. The van der Waals surface area contributed by atoms with Gasteiger partial charge in [-0.15, -0.1) is 0 Å². The fourth-order valence-electron chi connectivity index (χ4n) is 1.57. The van der Waals surface area contributed by atoms with Gasteiger partial charge in [0.15, 0.2) is 5.13 Å². The molecule has 1 atom stereocenters. The number of hydrogen-bond donors (Lipinski definition) is 2. The molecule has 104 valence electrons. The van der Waals surface area contributed by atoms with E-state index >= 15 is 0 Å². The monoisotopic (exact) mass is 292 g/mol. The van der Waals surface area contributed by atoms with Gasteiger partial charge >= 0.3 is 5.00 Å². The van der Waals surface area contributed by atoms with Crippen molar-refractivity contribution in [3.8, 4) is 0 Å². The van der Waals surface area contributed by atoms with Crippen LogP contribution in [-0.4, -0.2) is 21.9 Å². The molecule has 7 nitrogen and oxygen atoms in total. The zero-order valence-corrected chi connectivity index (χ0v) is 11.2. The second kappa shape index (κ2) is 6.22. The van der Waals surface area contributed by atoms with Crippen LogP contribution in [0, 0.1) is 10.1 Å². The Morgan fingerprint density at radius 1 is 1.45 bits per heavy atom. The van der Waals surface area contributed by atoms with Crippen molar-refractivity contribution >= 4 is 27.4 Å². The van der Waals surface area contributed by atoms with Gasteiger partial charge in [0.2, 0.25) is 5.91 Å². The third-order valence-electron chi connectivity index (χ3n) is 2.54. The van der Waals surface area contributed by atoms with Gasteiger partial charge in [-0.25, -0.2) is 4.98 Å². The largest absolute Gasteiger partial charge is 0.345 e. The van der Waals surface area contributed by atoms with Crippen LogP contribution in [0.5, 0.6) is 0 Å². The van der Waals surface area contributed by atoms with E-state index in [0.717, 1.165) is 23.1 Å². The Morgan fingerprint density at radius 2 is 2.15 bits per heavy atom. The van der Waals surface area contributed by atoms with Gasteiger partial charge < -0.3 is 11.1 Å². The first-order valence-corrected chi connectivity index (χ1v) is 6.58. The molecular weight excluding hydrogens is 280 g/mol. The lowest BCUT2D eigenvalue weighted by Gasteiger charge is -2.10. The van der Waals surface area contributed by atoms with E-state index in [2.05, 4.69) is 10.3 Å². The molecule has 0 aliphatic carbocycles. The van der Waals surface area contributed by atoms with Gasteiger partial charge in [0.25, 0.3) is 0 Å². The summed E-state index contributed by atoms with van der Waals surface area (Å²) in [5.41, 5.74) is 6.74. The lowest BCUT2D eigenvalue weighted by atomic mass is 10.1. The van der Waals surface area contributed by atoms with Gasteiger partial charge in [0, 0.05) is 0 Å². The van der Waals surface area contributed by atoms with Gasteiger partial charge in [-0.2, -0.15) is 0 Å². The Morgan fingerprint density at radius 3 is 2.75 bits per heavy atom. The number of amides is 1. The van der Waals surface area contributed by atoms with Crippen LogP contribution in [0.1, 0.15) is 5.56 Å². The van der Waals surface area contributed by atoms with Crippen molar-refractivity contribution in [1.29, 1.82) is 0 Å². The number of hydrogen-bond acceptors (Lipinski definition) is 6. The Hall–Kier alpha value is -2.32. The molecule has 0 bridgehead atoms. The topological polar surface area (TPSA) is 111 Å². The number of anilines is 1. The number of rotatable bonds is 5. The maximum Gasteiger partial charge on any atom is 0.345 e. The number of nitro groups is 1. The molecule has 3 N–H and O–H groups in total. The van der Waals surface area contributed by atoms with E-state index < -0.39 is 16.9 Å². The minimum absolute atomic E-state index is 0.128. The summed E-state index contributed by atoms with van der Waals surface area (Å²) in [6.07, 6.45) is 1.49. The van der Waals surface area contributed by atoms with Crippen molar-refractivity contribution in [3.05, 3.63) is 52.2 Å². The minimum Gasteiger partial charge on any atom is -0.320 e. The standard InChI is InChI=1S/C12H12N4O3S/c13-9(6-8-4-2-1-3-5-8)11(17)15-12-14-7-10(20-12)16(18)19/h1-5,7,9H,6,13H2,(H,14,15,17)/t9-/m0/s1. The fourth-order valence-corrected chi connectivity index (χ4v) is 2.20. The van der Waals surface area contributed by atoms with E-state index in [4.69, 9.17) is 5.73 Å². The van der Waals surface area contributed by atoms with E-state index in [9.17, 15) is 14.9 Å². The molecule has 8 heteroatoms. The lowest BCUT2D eigenvalue weighted by molar-refractivity contribution is -0.380. The second-order valence-corrected chi connectivity index (χ2v) is 5.06. The number of aromatic nitrogens is 1. The van der Waals surface area contributed by atoms with E-state index in [0.29, 0.717) is 6.42 Å². The van der Waals surface area contributed by atoms with E-state index in [1.807, 2.05) is 30.3 Å². The summed E-state index contributed by atoms with van der Waals surface area (Å²) in [5, 5.41) is 13.0. The number of carbonyl (C=O) groups is 1. The fraction of sp³-hybridized carbons (Fsp3) is 0.167. The average molecular weight is 292 g/mol. The van der Waals surface area contributed by atoms with Gasteiger partial charge in [0.05, 0.1) is 11.0 Å². The third kappa shape index (κ3) is 3.59. The van der Waals surface area contributed by atoms with Crippen LogP contribution in [0.2, 0.25) is 0 Å². The van der Waals surface area contributed by atoms with Crippen molar-refractivity contribution in [2.75, 3.05) is 5.32 Å². The average Bonchev–Trinajstić information content (AvgIpc) is 2.88. The molecule has 1 amide bonds. The van der Waals surface area contributed by atoms with Crippen LogP contribution < -0.4 is 11.1 Å². The SMILES string of the molecule is N[C@@H](Cc1ccccc1)C(=O)Nc1ncc([N+](=O)[O-])s1. The molecule has 0 radical (unpaired) electrons. The van der Waals surface area contributed by atoms with Crippen molar-refractivity contribution in [3.63, 3.8) is 0 Å². The minimum atomic E-state index is -0.736. The highest BCUT2D eigenvalue weighted by atomic mass is 32.1. The number of benzene rings is 1. The molecule has 0 saturated heterocycles. The van der Waals surface area contributed by atoms with Gasteiger partial charge in [-0.1, -0.05) is 30.3 Å². The highest BCUT2D eigenvalue weighted by molar-refractivity contribution is 7.18. The first-order valence-electron chi connectivity index (χ1n) is 5.77. The molecule has 1 aromatic carbocycles. The molecule has 0 unspecified atom stereocenters. The van der Waals surface area contributed by atoms with Crippen LogP contribution in [0.25, 0.3) is 0 Å². The molecule has 0 spiro atoms. The predicted octanol–water partition coefficient (Wildman–Crippen LogP) is 1.56. The quantitative estimate of drug-likeness (QED) is 0.641. The molecule has 0 aliphatic heterocycles. The summed E-state index contributed by atoms with van der Waals surface area (Å²) in [7, 11) is 0. The summed E-state index contributed by atoms with van der Waals surface area (Å²) in [5.74, 6) is -0.418. The normalized spacial score (nSPS) is 11.8. The van der Waals surface area contributed by atoms with E-state index in [1.54, 1.807) is 0 Å². The number of nitrogens with one attached hydrogen (secondary N) is 1. The van der Waals surface area contributed by atoms with Gasteiger partial charge in [-0.3, -0.25) is 14.9 Å². The van der Waals surface area contributed by atoms with Crippen LogP contribution in [-0.2, 0) is 11.2 Å². The number of nitrogens with zero attached hydrogens (tertiary/aromatic N) is 2. The van der Waals surface area contributed by atoms with Crippen molar-refractivity contribution in [2.24, 2.45) is 5.73 Å². The molecule has 1 aromatic heterocycles. The Bertz CT molecular complexity index is 614. The number of carbonyl (C=O) groups excluding carboxylic acids is 1. The highest BCUT2D eigenvalue weighted by Crippen LogP contribution is 2.24. The number of nitrogens with two attached hydrogens (primary N) is 1. The zero-order valence-electron chi connectivity index (χ0n) is 10.4. The summed E-state index contributed by atoms with van der Waals surface area (Å²) in [6.45, 7) is 0. The summed E-state index contributed by atoms with van der Waals surface area (Å²) >= 11 is 0.795. The summed E-state index contributed by atoms with van der Waals surface area (Å²) < 4.78 is 0. The van der Waals surface area contributed by atoms with Crippen LogP contribution >= 0.6 is 11.3 Å². The molecule has 1 heterocycles. The Kier molecular flexibility index (Phi) is 4.38. The molecule has 0 fully saturated rings. The molecule has 0 aliphatic rings. The van der Waals surface area contributed by atoms with Crippen LogP contribution in [0.3, 0.4) is 0 Å². The predicted molar refractivity (Wildman–Crippen MR) is 75.5 cm³/mol. The summed E-state index contributed by atoms with van der Waals surface area (Å²) in [4.78, 5) is 25.6. The van der Waals surface area contributed by atoms with Crippen LogP contribution in [0.15, 0.2) is 36.5 Å². The molecule has 20 heavy (non-hydrogen) atoms. The second-order valence-electron chi connectivity index (χ2n) is 4.05. The highest BCUT2D eigenvalue weighted by Gasteiger charge is 2.18. The molecule has 2 rings (SSSR count). The zero-order chi connectivity index (χ0) is 14.5. The number of thiazole rings is 1. The Balaban J connectivity index is 1.95. The molecular formula is C12H12N4O3S. The maximum atomic E-state index is 11.9. The van der Waals surface area contributed by atoms with Gasteiger partial charge in [0.1, 0.15) is 6.20 Å². The van der Waals surface area contributed by atoms with Gasteiger partial charge in [-0.05, 0) is 23.3 Å². The summed E-state index contributed by atoms with van der Waals surface area (Å²) in [6, 6.07) is 8.63. The van der Waals surface area contributed by atoms with Crippen molar-refractivity contribution in [2.45, 2.75) is 12.5 Å². The van der Waals surface area contributed by atoms with Crippen molar-refractivity contribution in [1.82, 2.24) is 4.98 Å². The molecule has 0 saturated carbocycles. The van der Waals surface area contributed by atoms with E-state index in [-0.39, 0.29) is 10.1 Å².